The van der Waals surface area contributed by atoms with Gasteiger partial charge >= 0.3 is 0 Å². The van der Waals surface area contributed by atoms with E-state index in [2.05, 4.69) is 0 Å². The second kappa shape index (κ2) is 8.33. The lowest BCUT2D eigenvalue weighted by Crippen LogP contribution is -2.40. The van der Waals surface area contributed by atoms with Crippen molar-refractivity contribution in [3.05, 3.63) is 52.7 Å². The van der Waals surface area contributed by atoms with Gasteiger partial charge in [0.1, 0.15) is 0 Å². The van der Waals surface area contributed by atoms with Crippen LogP contribution >= 0.6 is 11.3 Å². The molecule has 5 nitrogen and oxygen atoms in total. The Morgan fingerprint density at radius 3 is 2.46 bits per heavy atom. The number of nitrogens with zero attached hydrogens (tertiary/aromatic N) is 1. The molecule has 1 aromatic heterocycles. The normalized spacial score (nSPS) is 17.2. The summed E-state index contributed by atoms with van der Waals surface area (Å²) in [5.74, 6) is -0.160. The van der Waals surface area contributed by atoms with E-state index in [9.17, 15) is 18.3 Å². The summed E-state index contributed by atoms with van der Waals surface area (Å²) in [5, 5.41) is 12.4. The van der Waals surface area contributed by atoms with Crippen molar-refractivity contribution in [2.24, 2.45) is 5.92 Å². The molecule has 7 heteroatoms. The predicted octanol–water partition coefficient (Wildman–Crippen LogP) is 2.88. The highest BCUT2D eigenvalue weighted by molar-refractivity contribution is 7.91. The SMILES string of the molecule is O=C(CCS(=O)(=O)c1ccccc1)N1CCC(C(O)c2cccs2)CC1. The second-order valence-corrected chi connectivity index (χ2v) is 9.65. The Morgan fingerprint density at radius 2 is 1.85 bits per heavy atom. The first-order valence-electron chi connectivity index (χ1n) is 8.74. The number of thiophene rings is 1. The summed E-state index contributed by atoms with van der Waals surface area (Å²) in [6.07, 6.45) is 0.979. The Labute approximate surface area is 158 Å². The van der Waals surface area contributed by atoms with Crippen molar-refractivity contribution in [3.8, 4) is 0 Å². The van der Waals surface area contributed by atoms with Crippen LogP contribution in [-0.4, -0.2) is 43.2 Å². The molecule has 1 unspecified atom stereocenters. The number of carbonyl (C=O) groups is 1. The lowest BCUT2D eigenvalue weighted by Gasteiger charge is -2.34. The van der Waals surface area contributed by atoms with E-state index in [1.165, 1.54) is 0 Å². The van der Waals surface area contributed by atoms with Crippen LogP contribution in [0.25, 0.3) is 0 Å². The monoisotopic (exact) mass is 393 g/mol. The minimum atomic E-state index is -3.43. The number of amides is 1. The number of benzene rings is 1. The van der Waals surface area contributed by atoms with Crippen LogP contribution in [0.2, 0.25) is 0 Å². The molecule has 0 radical (unpaired) electrons. The number of hydrogen-bond donors (Lipinski definition) is 1. The molecule has 26 heavy (non-hydrogen) atoms. The zero-order valence-corrected chi connectivity index (χ0v) is 16.1. The molecule has 1 fully saturated rings. The number of likely N-dealkylation sites (tertiary alicyclic amines) is 1. The molecule has 3 rings (SSSR count). The predicted molar refractivity (Wildman–Crippen MR) is 102 cm³/mol. The molecule has 1 aliphatic rings. The maximum absolute atomic E-state index is 12.4. The van der Waals surface area contributed by atoms with Gasteiger partial charge in [0.25, 0.3) is 0 Å². The molecule has 1 saturated heterocycles. The summed E-state index contributed by atoms with van der Waals surface area (Å²) in [4.78, 5) is 15.3. The maximum Gasteiger partial charge on any atom is 0.223 e. The molecule has 1 N–H and O–H groups in total. The van der Waals surface area contributed by atoms with E-state index in [4.69, 9.17) is 0 Å². The van der Waals surface area contributed by atoms with Crippen molar-refractivity contribution in [2.75, 3.05) is 18.8 Å². The number of piperidine rings is 1. The summed E-state index contributed by atoms with van der Waals surface area (Å²) < 4.78 is 24.6. The highest BCUT2D eigenvalue weighted by atomic mass is 32.2. The van der Waals surface area contributed by atoms with Crippen molar-refractivity contribution in [1.82, 2.24) is 4.90 Å². The van der Waals surface area contributed by atoms with E-state index < -0.39 is 15.9 Å². The minimum absolute atomic E-state index is 0.00459. The van der Waals surface area contributed by atoms with E-state index in [-0.39, 0.29) is 28.9 Å². The average molecular weight is 394 g/mol. The summed E-state index contributed by atoms with van der Waals surface area (Å²) in [5.41, 5.74) is 0. The third-order valence-corrected chi connectivity index (χ3v) is 7.54. The van der Waals surface area contributed by atoms with Gasteiger partial charge in [0.2, 0.25) is 5.91 Å². The molecular formula is C19H23NO4S2. The summed E-state index contributed by atoms with van der Waals surface area (Å²) in [7, 11) is -3.43. The molecule has 0 aliphatic carbocycles. The average Bonchev–Trinajstić information content (AvgIpc) is 3.21. The van der Waals surface area contributed by atoms with Gasteiger partial charge in [0, 0.05) is 24.4 Å². The van der Waals surface area contributed by atoms with E-state index in [0.29, 0.717) is 13.1 Å². The minimum Gasteiger partial charge on any atom is -0.387 e. The smallest absolute Gasteiger partial charge is 0.223 e. The van der Waals surface area contributed by atoms with E-state index in [0.717, 1.165) is 17.7 Å². The van der Waals surface area contributed by atoms with Crippen LogP contribution in [0.5, 0.6) is 0 Å². The number of sulfone groups is 1. The summed E-state index contributed by atoms with van der Waals surface area (Å²) in [6.45, 7) is 1.13. The second-order valence-electron chi connectivity index (χ2n) is 6.56. The van der Waals surface area contributed by atoms with Crippen molar-refractivity contribution in [1.29, 1.82) is 0 Å². The molecule has 1 aliphatic heterocycles. The number of aliphatic hydroxyl groups is 1. The Morgan fingerprint density at radius 1 is 1.15 bits per heavy atom. The van der Waals surface area contributed by atoms with Crippen LogP contribution in [0.3, 0.4) is 0 Å². The number of hydrogen-bond acceptors (Lipinski definition) is 5. The molecular weight excluding hydrogens is 370 g/mol. The third kappa shape index (κ3) is 4.52. The molecule has 0 spiro atoms. The molecule has 1 amide bonds. The van der Waals surface area contributed by atoms with E-state index in [1.807, 2.05) is 17.5 Å². The first-order chi connectivity index (χ1) is 12.5. The first kappa shape index (κ1) is 19.1. The number of aliphatic hydroxyl groups excluding tert-OH is 1. The fourth-order valence-electron chi connectivity index (χ4n) is 3.28. The van der Waals surface area contributed by atoms with Gasteiger partial charge in [0.15, 0.2) is 9.84 Å². The Kier molecular flexibility index (Phi) is 6.11. The molecule has 2 aromatic rings. The van der Waals surface area contributed by atoms with Gasteiger partial charge in [-0.25, -0.2) is 8.42 Å². The topological polar surface area (TPSA) is 74.7 Å². The molecule has 2 heterocycles. The van der Waals surface area contributed by atoms with Gasteiger partial charge in [0.05, 0.1) is 16.8 Å². The molecule has 0 saturated carbocycles. The Hall–Kier alpha value is -1.70. The maximum atomic E-state index is 12.4. The zero-order valence-electron chi connectivity index (χ0n) is 14.5. The lowest BCUT2D eigenvalue weighted by atomic mass is 9.90. The van der Waals surface area contributed by atoms with Gasteiger partial charge in [-0.1, -0.05) is 24.3 Å². The summed E-state index contributed by atoms with van der Waals surface area (Å²) in [6, 6.07) is 12.1. The quantitative estimate of drug-likeness (QED) is 0.819. The zero-order chi connectivity index (χ0) is 18.6. The first-order valence-corrected chi connectivity index (χ1v) is 11.3. The van der Waals surface area contributed by atoms with Gasteiger partial charge in [-0.05, 0) is 42.3 Å². The van der Waals surface area contributed by atoms with Crippen LogP contribution in [0.1, 0.15) is 30.2 Å². The standard InChI is InChI=1S/C19H23NO4S2/c21-18(10-14-26(23,24)16-5-2-1-3-6-16)20-11-8-15(9-12-20)19(22)17-7-4-13-25-17/h1-7,13,15,19,22H,8-12,14H2. The Bertz CT molecular complexity index is 810. The Balaban J connectivity index is 1.50. The van der Waals surface area contributed by atoms with Crippen LogP contribution in [0.4, 0.5) is 0 Å². The van der Waals surface area contributed by atoms with Crippen LogP contribution in [-0.2, 0) is 14.6 Å². The van der Waals surface area contributed by atoms with Crippen molar-refractivity contribution < 1.29 is 18.3 Å². The van der Waals surface area contributed by atoms with Crippen molar-refractivity contribution >= 4 is 27.1 Å². The van der Waals surface area contributed by atoms with Crippen molar-refractivity contribution in [2.45, 2.75) is 30.3 Å². The fraction of sp³-hybridized carbons (Fsp3) is 0.421. The summed E-state index contributed by atoms with van der Waals surface area (Å²) >= 11 is 1.54. The van der Waals surface area contributed by atoms with E-state index >= 15 is 0 Å². The lowest BCUT2D eigenvalue weighted by molar-refractivity contribution is -0.132. The van der Waals surface area contributed by atoms with Gasteiger partial charge in [-0.3, -0.25) is 4.79 Å². The molecule has 1 atom stereocenters. The van der Waals surface area contributed by atoms with Gasteiger partial charge in [-0.2, -0.15) is 0 Å². The highest BCUT2D eigenvalue weighted by Gasteiger charge is 2.29. The number of carbonyl (C=O) groups excluding carboxylic acids is 1. The highest BCUT2D eigenvalue weighted by Crippen LogP contribution is 2.33. The third-order valence-electron chi connectivity index (χ3n) is 4.86. The van der Waals surface area contributed by atoms with Crippen molar-refractivity contribution in [3.63, 3.8) is 0 Å². The largest absolute Gasteiger partial charge is 0.387 e. The molecule has 1 aromatic carbocycles. The van der Waals surface area contributed by atoms with Crippen LogP contribution < -0.4 is 0 Å². The van der Waals surface area contributed by atoms with E-state index in [1.54, 1.807) is 46.6 Å². The van der Waals surface area contributed by atoms with Gasteiger partial charge in [-0.15, -0.1) is 11.3 Å². The van der Waals surface area contributed by atoms with Crippen LogP contribution in [0.15, 0.2) is 52.7 Å². The molecule has 0 bridgehead atoms. The van der Waals surface area contributed by atoms with Gasteiger partial charge < -0.3 is 10.0 Å². The number of rotatable bonds is 6. The van der Waals surface area contributed by atoms with Crippen LogP contribution in [0, 0.1) is 5.92 Å². The fourth-order valence-corrected chi connectivity index (χ4v) is 5.34. The molecule has 140 valence electrons.